The van der Waals surface area contributed by atoms with Gasteiger partial charge in [-0.3, -0.25) is 9.59 Å². The predicted molar refractivity (Wildman–Crippen MR) is 134 cm³/mol. The first-order valence-electron chi connectivity index (χ1n) is 12.9. The molecule has 0 saturated heterocycles. The van der Waals surface area contributed by atoms with Crippen LogP contribution in [0.1, 0.15) is 97.8 Å². The molecule has 188 valence electrons. The number of unbranched alkanes of at least 4 members (excludes halogenated alkanes) is 6. The summed E-state index contributed by atoms with van der Waals surface area (Å²) in [4.78, 5) is 23.1. The normalized spacial score (nSPS) is 20.2. The number of aliphatic hydroxyl groups is 1. The predicted octanol–water partition coefficient (Wildman–Crippen LogP) is 6.46. The third kappa shape index (κ3) is 14.1. The van der Waals surface area contributed by atoms with Gasteiger partial charge in [0.2, 0.25) is 0 Å². The van der Waals surface area contributed by atoms with Crippen LogP contribution in [-0.2, 0) is 19.1 Å². The van der Waals surface area contributed by atoms with Gasteiger partial charge in [0.05, 0.1) is 0 Å². The van der Waals surface area contributed by atoms with Crippen molar-refractivity contribution in [3.63, 3.8) is 0 Å². The highest BCUT2D eigenvalue weighted by atomic mass is 16.5. The summed E-state index contributed by atoms with van der Waals surface area (Å²) in [6, 6.07) is 0. The number of aliphatic hydroxyl groups excluding tert-OH is 1. The maximum atomic E-state index is 11.7. The molecule has 1 aliphatic rings. The van der Waals surface area contributed by atoms with Gasteiger partial charge < -0.3 is 14.6 Å². The Kier molecular flexibility index (Phi) is 16.4. The average molecular weight is 463 g/mol. The van der Waals surface area contributed by atoms with Gasteiger partial charge in [-0.1, -0.05) is 69.4 Å². The summed E-state index contributed by atoms with van der Waals surface area (Å²) in [7, 11) is 0. The summed E-state index contributed by atoms with van der Waals surface area (Å²) in [5.74, 6) is 0.0165. The van der Waals surface area contributed by atoms with Gasteiger partial charge in [-0.25, -0.2) is 0 Å². The molecular weight excluding hydrogens is 416 g/mol. The van der Waals surface area contributed by atoms with Crippen LogP contribution in [0, 0.1) is 11.8 Å². The van der Waals surface area contributed by atoms with Crippen molar-refractivity contribution in [1.29, 1.82) is 0 Å². The minimum Gasteiger partial charge on any atom is -0.462 e. The minimum atomic E-state index is -0.250. The van der Waals surface area contributed by atoms with Crippen molar-refractivity contribution in [2.45, 2.75) is 110 Å². The van der Waals surface area contributed by atoms with Gasteiger partial charge in [-0.2, -0.15) is 0 Å². The molecular formula is C28H46O5. The molecule has 5 heteroatoms. The maximum absolute atomic E-state index is 11.7. The third-order valence-corrected chi connectivity index (χ3v) is 6.18. The molecule has 0 amide bonds. The second kappa shape index (κ2) is 18.5. The first kappa shape index (κ1) is 29.2. The highest BCUT2D eigenvalue weighted by Gasteiger charge is 2.30. The number of allylic oxidation sites excluding steroid dienone is 5. The molecule has 0 saturated carbocycles. The first-order chi connectivity index (χ1) is 16.0. The molecule has 0 spiro atoms. The number of ether oxygens (including phenoxy) is 2. The number of carbonyl (C=O) groups is 2. The molecule has 1 aliphatic carbocycles. The summed E-state index contributed by atoms with van der Waals surface area (Å²) in [6.07, 6.45) is 24.5. The van der Waals surface area contributed by atoms with Crippen LogP contribution in [0.5, 0.6) is 0 Å². The lowest BCUT2D eigenvalue weighted by atomic mass is 9.78. The van der Waals surface area contributed by atoms with Crippen molar-refractivity contribution in [1.82, 2.24) is 0 Å². The topological polar surface area (TPSA) is 72.8 Å². The number of carbonyl (C=O) groups excluding carboxylic acids is 2. The van der Waals surface area contributed by atoms with Crippen molar-refractivity contribution in [3.05, 3.63) is 36.5 Å². The van der Waals surface area contributed by atoms with Crippen molar-refractivity contribution >= 4 is 11.9 Å². The van der Waals surface area contributed by atoms with Gasteiger partial charge in [-0.05, 0) is 56.9 Å². The van der Waals surface area contributed by atoms with Crippen LogP contribution in [0.15, 0.2) is 36.5 Å². The molecule has 0 aliphatic heterocycles. The zero-order valence-electron chi connectivity index (χ0n) is 21.0. The van der Waals surface area contributed by atoms with E-state index in [9.17, 15) is 9.59 Å². The van der Waals surface area contributed by atoms with E-state index in [1.807, 2.05) is 18.2 Å². The monoisotopic (exact) mass is 462 g/mol. The molecule has 0 bridgehead atoms. The Balaban J connectivity index is 2.67. The number of rotatable bonds is 17. The Hall–Kier alpha value is -1.88. The highest BCUT2D eigenvalue weighted by molar-refractivity contribution is 5.66. The zero-order valence-corrected chi connectivity index (χ0v) is 21.0. The fourth-order valence-corrected chi connectivity index (χ4v) is 4.46. The van der Waals surface area contributed by atoms with Gasteiger partial charge >= 0.3 is 11.9 Å². The Labute approximate surface area is 201 Å². The lowest BCUT2D eigenvalue weighted by Gasteiger charge is -2.33. The number of hydrogen-bond donors (Lipinski definition) is 1. The van der Waals surface area contributed by atoms with E-state index in [-0.39, 0.29) is 42.6 Å². The van der Waals surface area contributed by atoms with E-state index in [1.165, 1.54) is 46.0 Å². The van der Waals surface area contributed by atoms with Gasteiger partial charge in [0.1, 0.15) is 12.2 Å². The molecule has 0 aromatic carbocycles. The van der Waals surface area contributed by atoms with E-state index in [2.05, 4.69) is 25.2 Å². The largest absolute Gasteiger partial charge is 0.462 e. The van der Waals surface area contributed by atoms with E-state index in [4.69, 9.17) is 14.6 Å². The molecule has 1 rings (SSSR count). The van der Waals surface area contributed by atoms with E-state index < -0.39 is 0 Å². The molecule has 5 nitrogen and oxygen atoms in total. The molecule has 0 radical (unpaired) electrons. The smallest absolute Gasteiger partial charge is 0.303 e. The minimum absolute atomic E-state index is 0.140. The van der Waals surface area contributed by atoms with Crippen LogP contribution in [0.25, 0.3) is 0 Å². The quantitative estimate of drug-likeness (QED) is 0.116. The SMILES string of the molecule is CCCCCCCCC(/C=C/C=C/[C@H]1CC=CC[C@@H]1C(CCCCO)OC(C)=O)OC(C)=O. The Morgan fingerprint density at radius 1 is 0.909 bits per heavy atom. The van der Waals surface area contributed by atoms with Gasteiger partial charge in [-0.15, -0.1) is 0 Å². The van der Waals surface area contributed by atoms with Crippen molar-refractivity contribution in [2.24, 2.45) is 11.8 Å². The number of esters is 2. The summed E-state index contributed by atoms with van der Waals surface area (Å²) in [5.41, 5.74) is 0. The standard InChI is InChI=1S/C28H46O5/c1-4-5-6-7-8-9-18-26(32-23(2)30)19-12-10-16-25-17-11-13-20-27(25)28(33-24(3)31)21-14-15-22-29/h10-13,16,19,25-29H,4-9,14-15,17-18,20-22H2,1-3H3/b16-10+,19-12+/t25-,26?,27-,28?/m0/s1. The Morgan fingerprint density at radius 2 is 1.58 bits per heavy atom. The van der Waals surface area contributed by atoms with Crippen LogP contribution in [0.3, 0.4) is 0 Å². The second-order valence-corrected chi connectivity index (χ2v) is 9.11. The summed E-state index contributed by atoms with van der Waals surface area (Å²) in [6.45, 7) is 5.30. The molecule has 1 N–H and O–H groups in total. The number of hydrogen-bond acceptors (Lipinski definition) is 5. The molecule has 0 fully saturated rings. The van der Waals surface area contributed by atoms with Crippen LogP contribution in [-0.4, -0.2) is 35.9 Å². The lowest BCUT2D eigenvalue weighted by molar-refractivity contribution is -0.150. The summed E-state index contributed by atoms with van der Waals surface area (Å²) < 4.78 is 11.1. The molecule has 4 atom stereocenters. The van der Waals surface area contributed by atoms with E-state index >= 15 is 0 Å². The zero-order chi connectivity index (χ0) is 24.3. The summed E-state index contributed by atoms with van der Waals surface area (Å²) >= 11 is 0. The molecule has 0 heterocycles. The molecule has 33 heavy (non-hydrogen) atoms. The van der Waals surface area contributed by atoms with Crippen molar-refractivity contribution in [3.8, 4) is 0 Å². The first-order valence-corrected chi connectivity index (χ1v) is 12.9. The van der Waals surface area contributed by atoms with Gasteiger partial charge in [0.15, 0.2) is 0 Å². The maximum Gasteiger partial charge on any atom is 0.303 e. The molecule has 0 aromatic heterocycles. The van der Waals surface area contributed by atoms with Crippen LogP contribution < -0.4 is 0 Å². The third-order valence-electron chi connectivity index (χ3n) is 6.18. The van der Waals surface area contributed by atoms with Gasteiger partial charge in [0.25, 0.3) is 0 Å². The van der Waals surface area contributed by atoms with Crippen LogP contribution >= 0.6 is 0 Å². The van der Waals surface area contributed by atoms with Crippen LogP contribution in [0.2, 0.25) is 0 Å². The van der Waals surface area contributed by atoms with Crippen LogP contribution in [0.4, 0.5) is 0 Å². The fourth-order valence-electron chi connectivity index (χ4n) is 4.46. The fraction of sp³-hybridized carbons (Fsp3) is 0.714. The molecule has 2 unspecified atom stereocenters. The van der Waals surface area contributed by atoms with Crippen molar-refractivity contribution < 1.29 is 24.2 Å². The van der Waals surface area contributed by atoms with E-state index in [1.54, 1.807) is 0 Å². The average Bonchev–Trinajstić information content (AvgIpc) is 2.78. The van der Waals surface area contributed by atoms with Crippen molar-refractivity contribution in [2.75, 3.05) is 6.61 Å². The summed E-state index contributed by atoms with van der Waals surface area (Å²) in [5, 5.41) is 9.10. The van der Waals surface area contributed by atoms with Gasteiger partial charge in [0, 0.05) is 26.4 Å². The lowest BCUT2D eigenvalue weighted by Crippen LogP contribution is -2.32. The Bertz CT molecular complexity index is 622. The van der Waals surface area contributed by atoms with E-state index in [0.717, 1.165) is 44.9 Å². The van der Waals surface area contributed by atoms with E-state index in [0.29, 0.717) is 0 Å². The highest BCUT2D eigenvalue weighted by Crippen LogP contribution is 2.33. The Morgan fingerprint density at radius 3 is 2.27 bits per heavy atom. The molecule has 0 aromatic rings. The second-order valence-electron chi connectivity index (χ2n) is 9.11.